The number of anilines is 1. The summed E-state index contributed by atoms with van der Waals surface area (Å²) in [6.45, 7) is 2.28. The third kappa shape index (κ3) is 6.73. The van der Waals surface area contributed by atoms with Crippen LogP contribution >= 0.6 is 0 Å². The largest absolute Gasteiger partial charge is 0.383 e. The zero-order valence-electron chi connectivity index (χ0n) is 24.5. The maximum atomic E-state index is 13.0. The molecule has 1 aliphatic rings. The molecule has 0 saturated carbocycles. The fourth-order valence-electron chi connectivity index (χ4n) is 5.26. The summed E-state index contributed by atoms with van der Waals surface area (Å²) in [5.41, 5.74) is 9.35. The van der Waals surface area contributed by atoms with Gasteiger partial charge in [-0.2, -0.15) is 5.26 Å². The molecule has 1 saturated heterocycles. The first kappa shape index (κ1) is 30.7. The van der Waals surface area contributed by atoms with Crippen molar-refractivity contribution in [2.75, 3.05) is 32.5 Å². The molecule has 0 spiro atoms. The second kappa shape index (κ2) is 12.8. The molecule has 1 fully saturated rings. The molecule has 5 rings (SSSR count). The molecule has 2 aromatic carbocycles. The highest BCUT2D eigenvalue weighted by molar-refractivity contribution is 7.89. The number of hydrogen-bond donors (Lipinski definition) is 3. The fraction of sp³-hybridized carbons (Fsp3) is 0.290. The third-order valence-electron chi connectivity index (χ3n) is 7.81. The molecule has 12 nitrogen and oxygen atoms in total. The van der Waals surface area contributed by atoms with Crippen molar-refractivity contribution in [1.29, 1.82) is 5.26 Å². The summed E-state index contributed by atoms with van der Waals surface area (Å²) in [5.74, 6) is -0.0313. The number of sulfonamides is 1. The first-order valence-electron chi connectivity index (χ1n) is 14.1. The number of nitrogens with one attached hydrogen (secondary N) is 2. The minimum absolute atomic E-state index is 0.0313. The maximum absolute atomic E-state index is 13.0. The number of likely N-dealkylation sites (tertiary alicyclic amines) is 1. The van der Waals surface area contributed by atoms with E-state index in [0.29, 0.717) is 24.2 Å². The van der Waals surface area contributed by atoms with Crippen LogP contribution in [0.2, 0.25) is 0 Å². The van der Waals surface area contributed by atoms with Gasteiger partial charge in [0, 0.05) is 51.6 Å². The summed E-state index contributed by atoms with van der Waals surface area (Å²) < 4.78 is 30.9. The van der Waals surface area contributed by atoms with E-state index < -0.39 is 21.1 Å². The predicted molar refractivity (Wildman–Crippen MR) is 168 cm³/mol. The summed E-state index contributed by atoms with van der Waals surface area (Å²) in [7, 11) is -0.681. The summed E-state index contributed by atoms with van der Waals surface area (Å²) >= 11 is 0. The smallest absolute Gasteiger partial charge is 0.261 e. The molecule has 4 aromatic rings. The molecule has 0 bridgehead atoms. The van der Waals surface area contributed by atoms with Crippen LogP contribution in [0.3, 0.4) is 0 Å². The quantitative estimate of drug-likeness (QED) is 0.178. The van der Waals surface area contributed by atoms with Gasteiger partial charge in [-0.05, 0) is 48.7 Å². The molecule has 0 amide bonds. The predicted octanol–water partition coefficient (Wildman–Crippen LogP) is 3.68. The number of amidine groups is 1. The number of pyridine rings is 1. The number of piperidine rings is 1. The monoisotopic (exact) mass is 614 g/mol. The molecular weight excluding hydrogens is 580 g/mol. The Kier molecular flexibility index (Phi) is 8.96. The SMILES string of the molecule is CN(C)S(=O)(=O)c1ccc(N=C(N)c2c(NC3(CC#N)CCN(Cc4ccc(-c5ccon5)cc4)CC3)cc[nH]c2=O)cc1. The summed E-state index contributed by atoms with van der Waals surface area (Å²) in [6.07, 6.45) is 4.69. The number of H-pyrrole nitrogens is 1. The van der Waals surface area contributed by atoms with Crippen molar-refractivity contribution >= 4 is 27.2 Å². The number of nitriles is 1. The number of hydrogen-bond acceptors (Lipinski definition) is 9. The molecule has 228 valence electrons. The summed E-state index contributed by atoms with van der Waals surface area (Å²) in [6, 6.07) is 20.0. The average molecular weight is 615 g/mol. The van der Waals surface area contributed by atoms with Crippen molar-refractivity contribution < 1.29 is 12.9 Å². The van der Waals surface area contributed by atoms with E-state index in [1.54, 1.807) is 12.3 Å². The van der Waals surface area contributed by atoms with Gasteiger partial charge in [0.1, 0.15) is 23.4 Å². The van der Waals surface area contributed by atoms with E-state index in [-0.39, 0.29) is 22.7 Å². The first-order valence-corrected chi connectivity index (χ1v) is 15.5. The van der Waals surface area contributed by atoms with Gasteiger partial charge in [-0.3, -0.25) is 9.69 Å². The minimum Gasteiger partial charge on any atom is -0.383 e. The number of aromatic nitrogens is 2. The summed E-state index contributed by atoms with van der Waals surface area (Å²) in [4.78, 5) is 22.5. The van der Waals surface area contributed by atoms with Crippen LogP contribution < -0.4 is 16.6 Å². The van der Waals surface area contributed by atoms with Crippen LogP contribution in [0.15, 0.2) is 92.3 Å². The molecule has 44 heavy (non-hydrogen) atoms. The Morgan fingerprint density at radius 3 is 2.45 bits per heavy atom. The Labute approximate surface area is 255 Å². The van der Waals surface area contributed by atoms with E-state index in [4.69, 9.17) is 10.3 Å². The van der Waals surface area contributed by atoms with E-state index in [0.717, 1.165) is 35.2 Å². The first-order chi connectivity index (χ1) is 21.1. The van der Waals surface area contributed by atoms with Gasteiger partial charge in [0.15, 0.2) is 0 Å². The van der Waals surface area contributed by atoms with Crippen LogP contribution in [0, 0.1) is 11.3 Å². The van der Waals surface area contributed by atoms with E-state index in [1.807, 2.05) is 18.2 Å². The van der Waals surface area contributed by atoms with Gasteiger partial charge in [0.2, 0.25) is 10.0 Å². The standard InChI is InChI=1S/C31H34N8O4S/c1-38(2)44(41,42)25-9-7-24(8-10-25)35-29(33)28-27(11-17-34-30(28)40)36-31(13-16-32)14-18-39(19-15-31)21-22-3-5-23(6-4-22)26-12-20-43-37-26/h3-12,17,20H,13-15,18-19,21H2,1-2H3,(H2,33,35)(H2,34,36,40). The highest BCUT2D eigenvalue weighted by atomic mass is 32.2. The molecule has 13 heteroatoms. The highest BCUT2D eigenvalue weighted by Crippen LogP contribution is 2.32. The second-order valence-corrected chi connectivity index (χ2v) is 13.1. The lowest BCUT2D eigenvalue weighted by Gasteiger charge is -2.42. The maximum Gasteiger partial charge on any atom is 0.261 e. The van der Waals surface area contributed by atoms with Crippen LogP contribution in [0.25, 0.3) is 11.3 Å². The van der Waals surface area contributed by atoms with E-state index in [9.17, 15) is 18.5 Å². The van der Waals surface area contributed by atoms with Crippen LogP contribution in [0.1, 0.15) is 30.4 Å². The van der Waals surface area contributed by atoms with Crippen LogP contribution in [0.5, 0.6) is 0 Å². The van der Waals surface area contributed by atoms with Gasteiger partial charge in [-0.1, -0.05) is 29.4 Å². The average Bonchev–Trinajstić information content (AvgIpc) is 3.54. The number of nitrogens with two attached hydrogens (primary N) is 1. The van der Waals surface area contributed by atoms with Gasteiger partial charge in [-0.25, -0.2) is 17.7 Å². The fourth-order valence-corrected chi connectivity index (χ4v) is 6.16. The van der Waals surface area contributed by atoms with Crippen LogP contribution in [0.4, 0.5) is 11.4 Å². The normalized spacial score (nSPS) is 15.6. The lowest BCUT2D eigenvalue weighted by molar-refractivity contribution is 0.168. The highest BCUT2D eigenvalue weighted by Gasteiger charge is 2.35. The van der Waals surface area contributed by atoms with E-state index in [2.05, 4.69) is 43.6 Å². The zero-order chi connectivity index (χ0) is 31.3. The van der Waals surface area contributed by atoms with Gasteiger partial charge in [-0.15, -0.1) is 0 Å². The lowest BCUT2D eigenvalue weighted by atomic mass is 9.84. The number of aliphatic imine (C=N–C) groups is 1. The van der Waals surface area contributed by atoms with Gasteiger partial charge >= 0.3 is 0 Å². The van der Waals surface area contributed by atoms with E-state index >= 15 is 0 Å². The minimum atomic E-state index is -3.60. The van der Waals surface area contributed by atoms with Gasteiger partial charge < -0.3 is 20.6 Å². The van der Waals surface area contributed by atoms with Crippen molar-refractivity contribution in [2.24, 2.45) is 10.7 Å². The van der Waals surface area contributed by atoms with E-state index in [1.165, 1.54) is 50.1 Å². The number of nitrogens with zero attached hydrogens (tertiary/aromatic N) is 5. The van der Waals surface area contributed by atoms with Crippen LogP contribution in [-0.2, 0) is 16.6 Å². The number of benzene rings is 2. The topological polar surface area (TPSA) is 174 Å². The number of aromatic amines is 1. The zero-order valence-corrected chi connectivity index (χ0v) is 25.3. The Morgan fingerprint density at radius 1 is 1.14 bits per heavy atom. The Hall–Kier alpha value is -4.77. The molecule has 0 aliphatic carbocycles. The lowest BCUT2D eigenvalue weighted by Crippen LogP contribution is -2.49. The molecule has 2 aromatic heterocycles. The van der Waals surface area contributed by atoms with Crippen molar-refractivity contribution in [3.63, 3.8) is 0 Å². The third-order valence-corrected chi connectivity index (χ3v) is 9.64. The molecule has 4 N–H and O–H groups in total. The van der Waals surface area contributed by atoms with Crippen LogP contribution in [-0.4, -0.2) is 66.3 Å². The van der Waals surface area contributed by atoms with Crippen molar-refractivity contribution in [3.8, 4) is 17.3 Å². The Morgan fingerprint density at radius 2 is 1.84 bits per heavy atom. The summed E-state index contributed by atoms with van der Waals surface area (Å²) in [5, 5.41) is 17.2. The van der Waals surface area contributed by atoms with Crippen molar-refractivity contribution in [2.45, 2.75) is 36.2 Å². The molecule has 3 heterocycles. The van der Waals surface area contributed by atoms with Crippen molar-refractivity contribution in [3.05, 3.63) is 94.6 Å². The Bertz CT molecular complexity index is 1820. The molecule has 0 unspecified atom stereocenters. The second-order valence-electron chi connectivity index (χ2n) is 11.0. The van der Waals surface area contributed by atoms with Gasteiger partial charge in [0.05, 0.1) is 34.3 Å². The molecule has 0 atom stereocenters. The van der Waals surface area contributed by atoms with Gasteiger partial charge in [0.25, 0.3) is 5.56 Å². The molecule has 1 aliphatic heterocycles. The van der Waals surface area contributed by atoms with Crippen molar-refractivity contribution in [1.82, 2.24) is 19.3 Å². The molecular formula is C31H34N8O4S. The molecule has 0 radical (unpaired) electrons. The number of rotatable bonds is 10. The Balaban J connectivity index is 1.31.